The summed E-state index contributed by atoms with van der Waals surface area (Å²) < 4.78 is 0. The highest BCUT2D eigenvalue weighted by atomic mass is 16.2. The van der Waals surface area contributed by atoms with Crippen LogP contribution in [-0.2, 0) is 4.79 Å². The topological polar surface area (TPSA) is 70.1 Å². The van der Waals surface area contributed by atoms with Gasteiger partial charge in [-0.25, -0.2) is 0 Å². The molecule has 0 rings (SSSR count). The van der Waals surface area contributed by atoms with Crippen LogP contribution in [-0.4, -0.2) is 30.9 Å². The maximum atomic E-state index is 11.6. The van der Waals surface area contributed by atoms with Gasteiger partial charge in [-0.2, -0.15) is 5.26 Å². The molecule has 0 spiro atoms. The first-order chi connectivity index (χ1) is 7.01. The molecule has 0 aromatic heterocycles. The van der Waals surface area contributed by atoms with E-state index in [1.807, 2.05) is 13.8 Å². The number of rotatable bonds is 6. The van der Waals surface area contributed by atoms with E-state index in [9.17, 15) is 4.79 Å². The largest absolute Gasteiger partial charge is 0.344 e. The van der Waals surface area contributed by atoms with Crippen molar-refractivity contribution >= 4 is 5.91 Å². The van der Waals surface area contributed by atoms with E-state index in [1.165, 1.54) is 0 Å². The molecule has 0 saturated heterocycles. The van der Waals surface area contributed by atoms with Crippen molar-refractivity contribution in [2.75, 3.05) is 20.1 Å². The number of carbonyl (C=O) groups excluding carboxylic acids is 1. The molecule has 4 nitrogen and oxygen atoms in total. The Balaban J connectivity index is 3.85. The van der Waals surface area contributed by atoms with Gasteiger partial charge in [0.2, 0.25) is 5.91 Å². The third kappa shape index (κ3) is 6.08. The van der Waals surface area contributed by atoms with Crippen LogP contribution in [0, 0.1) is 23.2 Å². The van der Waals surface area contributed by atoms with Crippen molar-refractivity contribution in [2.45, 2.75) is 26.7 Å². The van der Waals surface area contributed by atoms with Crippen LogP contribution in [0.15, 0.2) is 0 Å². The average molecular weight is 211 g/mol. The lowest BCUT2D eigenvalue weighted by molar-refractivity contribution is -0.130. The molecule has 0 saturated carbocycles. The molecular weight excluding hydrogens is 190 g/mol. The van der Waals surface area contributed by atoms with Crippen molar-refractivity contribution in [2.24, 2.45) is 17.6 Å². The monoisotopic (exact) mass is 211 g/mol. The summed E-state index contributed by atoms with van der Waals surface area (Å²) in [6.07, 6.45) is 1.34. The zero-order valence-electron chi connectivity index (χ0n) is 9.86. The summed E-state index contributed by atoms with van der Waals surface area (Å²) in [6.45, 7) is 4.97. The molecule has 4 heteroatoms. The minimum Gasteiger partial charge on any atom is -0.344 e. The third-order valence-corrected chi connectivity index (χ3v) is 2.45. The van der Waals surface area contributed by atoms with Crippen molar-refractivity contribution in [3.8, 4) is 6.07 Å². The lowest BCUT2D eigenvalue weighted by atomic mass is 10.1. The van der Waals surface area contributed by atoms with Gasteiger partial charge >= 0.3 is 0 Å². The van der Waals surface area contributed by atoms with E-state index in [4.69, 9.17) is 11.0 Å². The molecule has 0 radical (unpaired) electrons. The average Bonchev–Trinajstić information content (AvgIpc) is 2.24. The highest BCUT2D eigenvalue weighted by molar-refractivity contribution is 5.75. The van der Waals surface area contributed by atoms with Gasteiger partial charge < -0.3 is 10.6 Å². The van der Waals surface area contributed by atoms with Gasteiger partial charge in [0, 0.05) is 20.0 Å². The van der Waals surface area contributed by atoms with Crippen LogP contribution < -0.4 is 5.73 Å². The molecule has 0 heterocycles. The van der Waals surface area contributed by atoms with Crippen molar-refractivity contribution < 1.29 is 4.79 Å². The molecule has 0 aromatic rings. The summed E-state index contributed by atoms with van der Waals surface area (Å²) in [5.74, 6) is 0.374. The van der Waals surface area contributed by atoms with Crippen LogP contribution in [0.5, 0.6) is 0 Å². The molecule has 0 fully saturated rings. The van der Waals surface area contributed by atoms with Crippen LogP contribution >= 0.6 is 0 Å². The van der Waals surface area contributed by atoms with Crippen molar-refractivity contribution in [1.82, 2.24) is 4.90 Å². The fourth-order valence-electron chi connectivity index (χ4n) is 1.23. The number of carbonyl (C=O) groups is 1. The van der Waals surface area contributed by atoms with E-state index in [-0.39, 0.29) is 11.8 Å². The molecule has 2 unspecified atom stereocenters. The molecule has 2 atom stereocenters. The first-order valence-electron chi connectivity index (χ1n) is 5.34. The first kappa shape index (κ1) is 13.9. The summed E-state index contributed by atoms with van der Waals surface area (Å²) in [4.78, 5) is 13.2. The van der Waals surface area contributed by atoms with E-state index in [0.717, 1.165) is 6.42 Å². The maximum absolute atomic E-state index is 11.6. The molecule has 0 aliphatic rings. The fourth-order valence-corrected chi connectivity index (χ4v) is 1.23. The molecule has 0 aliphatic heterocycles. The number of amides is 1. The number of nitrogens with zero attached hydrogens (tertiary/aromatic N) is 2. The Morgan fingerprint density at radius 3 is 2.60 bits per heavy atom. The standard InChI is InChI=1S/C11H21N3O/c1-9(6-12)4-5-11(15)14(3)8-10(2)7-13/h9-10H,4-6,8,12H2,1-3H3. The highest BCUT2D eigenvalue weighted by Gasteiger charge is 2.12. The molecule has 15 heavy (non-hydrogen) atoms. The number of nitrogens with two attached hydrogens (primary N) is 1. The predicted molar refractivity (Wildman–Crippen MR) is 59.9 cm³/mol. The summed E-state index contributed by atoms with van der Waals surface area (Å²) in [7, 11) is 1.74. The molecule has 2 N–H and O–H groups in total. The quantitative estimate of drug-likeness (QED) is 0.712. The number of hydrogen-bond acceptors (Lipinski definition) is 3. The molecule has 0 aliphatic carbocycles. The summed E-state index contributed by atoms with van der Waals surface area (Å²) in [5, 5.41) is 8.62. The second-order valence-electron chi connectivity index (χ2n) is 4.18. The smallest absolute Gasteiger partial charge is 0.222 e. The highest BCUT2D eigenvalue weighted by Crippen LogP contribution is 2.06. The van der Waals surface area contributed by atoms with Gasteiger partial charge in [-0.15, -0.1) is 0 Å². The zero-order valence-corrected chi connectivity index (χ0v) is 9.86. The minimum atomic E-state index is -0.106. The molecule has 86 valence electrons. The Morgan fingerprint density at radius 1 is 1.53 bits per heavy atom. The van der Waals surface area contributed by atoms with Gasteiger partial charge in [-0.05, 0) is 25.8 Å². The Bertz CT molecular complexity index is 234. The molecule has 1 amide bonds. The Kier molecular flexibility index (Phi) is 6.72. The van der Waals surface area contributed by atoms with Gasteiger partial charge in [0.25, 0.3) is 0 Å². The van der Waals surface area contributed by atoms with Gasteiger partial charge in [0.15, 0.2) is 0 Å². The van der Waals surface area contributed by atoms with Crippen LogP contribution in [0.3, 0.4) is 0 Å². The van der Waals surface area contributed by atoms with Gasteiger partial charge in [0.1, 0.15) is 0 Å². The van der Waals surface area contributed by atoms with E-state index < -0.39 is 0 Å². The lowest BCUT2D eigenvalue weighted by Crippen LogP contribution is -2.31. The maximum Gasteiger partial charge on any atom is 0.222 e. The molecule has 0 bridgehead atoms. The molecular formula is C11H21N3O. The van der Waals surface area contributed by atoms with Gasteiger partial charge in [0.05, 0.1) is 12.0 Å². The lowest BCUT2D eigenvalue weighted by Gasteiger charge is -2.19. The van der Waals surface area contributed by atoms with Gasteiger partial charge in [-0.1, -0.05) is 6.92 Å². The summed E-state index contributed by atoms with van der Waals surface area (Å²) in [5.41, 5.74) is 5.47. The van der Waals surface area contributed by atoms with Crippen molar-refractivity contribution in [3.05, 3.63) is 0 Å². The summed E-state index contributed by atoms with van der Waals surface area (Å²) >= 11 is 0. The van der Waals surface area contributed by atoms with E-state index in [0.29, 0.717) is 25.4 Å². The fraction of sp³-hybridized carbons (Fsp3) is 0.818. The SMILES string of the molecule is CC(C#N)CN(C)C(=O)CCC(C)CN. The third-order valence-electron chi connectivity index (χ3n) is 2.45. The Morgan fingerprint density at radius 2 is 2.13 bits per heavy atom. The Hall–Kier alpha value is -1.08. The van der Waals surface area contributed by atoms with Crippen LogP contribution in [0.1, 0.15) is 26.7 Å². The van der Waals surface area contributed by atoms with Crippen LogP contribution in [0.4, 0.5) is 0 Å². The van der Waals surface area contributed by atoms with Crippen molar-refractivity contribution in [1.29, 1.82) is 5.26 Å². The van der Waals surface area contributed by atoms with E-state index >= 15 is 0 Å². The van der Waals surface area contributed by atoms with Crippen molar-refractivity contribution in [3.63, 3.8) is 0 Å². The minimum absolute atomic E-state index is 0.0948. The second kappa shape index (κ2) is 7.24. The van der Waals surface area contributed by atoms with Crippen LogP contribution in [0.2, 0.25) is 0 Å². The number of nitriles is 1. The number of hydrogen-bond donors (Lipinski definition) is 1. The predicted octanol–water partition coefficient (Wildman–Crippen LogP) is 0.979. The Labute approximate surface area is 92.0 Å². The van der Waals surface area contributed by atoms with E-state index in [1.54, 1.807) is 11.9 Å². The van der Waals surface area contributed by atoms with Gasteiger partial charge in [-0.3, -0.25) is 4.79 Å². The first-order valence-corrected chi connectivity index (χ1v) is 5.34. The second-order valence-corrected chi connectivity index (χ2v) is 4.18. The molecule has 0 aromatic carbocycles. The van der Waals surface area contributed by atoms with Crippen LogP contribution in [0.25, 0.3) is 0 Å². The normalized spacial score (nSPS) is 14.1. The van der Waals surface area contributed by atoms with E-state index in [2.05, 4.69) is 6.07 Å². The zero-order chi connectivity index (χ0) is 11.8. The summed E-state index contributed by atoms with van der Waals surface area (Å²) in [6, 6.07) is 2.11.